The average Bonchev–Trinajstić information content (AvgIpc) is 3.06. The summed E-state index contributed by atoms with van der Waals surface area (Å²) in [4.78, 5) is 4.61. The summed E-state index contributed by atoms with van der Waals surface area (Å²) >= 11 is 0. The van der Waals surface area contributed by atoms with Crippen molar-refractivity contribution in [1.82, 2.24) is 10.3 Å². The van der Waals surface area contributed by atoms with Crippen LogP contribution in [0.5, 0.6) is 0 Å². The summed E-state index contributed by atoms with van der Waals surface area (Å²) in [7, 11) is -3.20. The van der Waals surface area contributed by atoms with Gasteiger partial charge in [-0.25, -0.2) is 13.4 Å². The standard InChI is InChI=1S/C13H16N2O3S/c1-19(16,17)10-4-5-12-11(8-10)15-13(18-12)6-7-14-9-2-3-9/h4-5,8-9,14H,2-3,6-7H2,1H3. The fourth-order valence-electron chi connectivity index (χ4n) is 1.96. The number of aromatic nitrogens is 1. The molecule has 6 heteroatoms. The molecule has 1 fully saturated rings. The van der Waals surface area contributed by atoms with Crippen molar-refractivity contribution in [2.45, 2.75) is 30.2 Å². The van der Waals surface area contributed by atoms with Crippen molar-refractivity contribution in [3.05, 3.63) is 24.1 Å². The molecule has 0 amide bonds. The third-order valence-electron chi connectivity index (χ3n) is 3.18. The van der Waals surface area contributed by atoms with Crippen LogP contribution in [0.25, 0.3) is 11.1 Å². The number of benzene rings is 1. The number of sulfone groups is 1. The fourth-order valence-corrected chi connectivity index (χ4v) is 2.60. The molecular formula is C13H16N2O3S. The van der Waals surface area contributed by atoms with Crippen molar-refractivity contribution < 1.29 is 12.8 Å². The Morgan fingerprint density at radius 1 is 1.42 bits per heavy atom. The first-order valence-electron chi connectivity index (χ1n) is 6.35. The lowest BCUT2D eigenvalue weighted by atomic mass is 10.3. The maximum absolute atomic E-state index is 11.5. The van der Waals surface area contributed by atoms with Gasteiger partial charge in [0.05, 0.1) is 4.90 Å². The van der Waals surface area contributed by atoms with Gasteiger partial charge in [-0.3, -0.25) is 0 Å². The van der Waals surface area contributed by atoms with Crippen LogP contribution in [0.15, 0.2) is 27.5 Å². The van der Waals surface area contributed by atoms with Crippen LogP contribution in [0.1, 0.15) is 18.7 Å². The molecule has 0 radical (unpaired) electrons. The van der Waals surface area contributed by atoms with Gasteiger partial charge < -0.3 is 9.73 Å². The van der Waals surface area contributed by atoms with Crippen molar-refractivity contribution in [3.8, 4) is 0 Å². The van der Waals surface area contributed by atoms with Gasteiger partial charge in [-0.05, 0) is 31.0 Å². The van der Waals surface area contributed by atoms with Crippen LogP contribution in [-0.2, 0) is 16.3 Å². The molecule has 0 bridgehead atoms. The fraction of sp³-hybridized carbons (Fsp3) is 0.462. The number of rotatable bonds is 5. The molecular weight excluding hydrogens is 264 g/mol. The molecule has 0 spiro atoms. The van der Waals surface area contributed by atoms with E-state index in [1.807, 2.05) is 0 Å². The first kappa shape index (κ1) is 12.6. The minimum atomic E-state index is -3.20. The number of nitrogens with one attached hydrogen (secondary N) is 1. The van der Waals surface area contributed by atoms with Gasteiger partial charge >= 0.3 is 0 Å². The van der Waals surface area contributed by atoms with Gasteiger partial charge in [-0.2, -0.15) is 0 Å². The Morgan fingerprint density at radius 3 is 2.89 bits per heavy atom. The molecule has 19 heavy (non-hydrogen) atoms. The molecule has 1 N–H and O–H groups in total. The first-order chi connectivity index (χ1) is 9.02. The zero-order chi connectivity index (χ0) is 13.5. The van der Waals surface area contributed by atoms with Gasteiger partial charge in [0.25, 0.3) is 0 Å². The summed E-state index contributed by atoms with van der Waals surface area (Å²) in [6, 6.07) is 5.44. The summed E-state index contributed by atoms with van der Waals surface area (Å²) in [5.41, 5.74) is 1.23. The predicted molar refractivity (Wildman–Crippen MR) is 71.8 cm³/mol. The van der Waals surface area contributed by atoms with E-state index in [-0.39, 0.29) is 4.90 Å². The largest absolute Gasteiger partial charge is 0.441 e. The molecule has 102 valence electrons. The molecule has 5 nitrogen and oxygen atoms in total. The molecule has 0 unspecified atom stereocenters. The summed E-state index contributed by atoms with van der Waals surface area (Å²) in [6.07, 6.45) is 4.42. The Hall–Kier alpha value is -1.40. The van der Waals surface area contributed by atoms with Crippen molar-refractivity contribution in [2.24, 2.45) is 0 Å². The van der Waals surface area contributed by atoms with Crippen LogP contribution in [-0.4, -0.2) is 32.2 Å². The lowest BCUT2D eigenvalue weighted by Crippen LogP contribution is -2.19. The number of nitrogens with zero attached hydrogens (tertiary/aromatic N) is 1. The van der Waals surface area contributed by atoms with Gasteiger partial charge in [0.2, 0.25) is 0 Å². The topological polar surface area (TPSA) is 72.2 Å². The molecule has 1 saturated carbocycles. The molecule has 3 rings (SSSR count). The number of hydrogen-bond acceptors (Lipinski definition) is 5. The maximum Gasteiger partial charge on any atom is 0.196 e. The second-order valence-electron chi connectivity index (χ2n) is 4.99. The summed E-state index contributed by atoms with van der Waals surface area (Å²) in [5, 5.41) is 3.39. The lowest BCUT2D eigenvalue weighted by molar-refractivity contribution is 0.514. The first-order valence-corrected chi connectivity index (χ1v) is 8.24. The lowest BCUT2D eigenvalue weighted by Gasteiger charge is -1.97. The third-order valence-corrected chi connectivity index (χ3v) is 4.29. The number of oxazole rings is 1. The number of fused-ring (bicyclic) bond motifs is 1. The number of hydrogen-bond donors (Lipinski definition) is 1. The predicted octanol–water partition coefficient (Wildman–Crippen LogP) is 1.53. The van der Waals surface area contributed by atoms with Crippen LogP contribution in [0.2, 0.25) is 0 Å². The van der Waals surface area contributed by atoms with E-state index in [9.17, 15) is 8.42 Å². The Balaban J connectivity index is 1.79. The van der Waals surface area contributed by atoms with Crippen LogP contribution in [0.3, 0.4) is 0 Å². The zero-order valence-electron chi connectivity index (χ0n) is 10.7. The van der Waals surface area contributed by atoms with Crippen molar-refractivity contribution in [1.29, 1.82) is 0 Å². The van der Waals surface area contributed by atoms with Crippen molar-refractivity contribution >= 4 is 20.9 Å². The van der Waals surface area contributed by atoms with Gasteiger partial charge in [0.1, 0.15) is 5.52 Å². The second kappa shape index (κ2) is 4.61. The third kappa shape index (κ3) is 2.96. The normalized spacial score (nSPS) is 16.1. The minimum absolute atomic E-state index is 0.274. The van der Waals surface area contributed by atoms with E-state index in [0.29, 0.717) is 23.0 Å². The Labute approximate surface area is 111 Å². The van der Waals surface area contributed by atoms with Gasteiger partial charge in [0.15, 0.2) is 21.3 Å². The highest BCUT2D eigenvalue weighted by Gasteiger charge is 2.20. The highest BCUT2D eigenvalue weighted by Crippen LogP contribution is 2.21. The van der Waals surface area contributed by atoms with Crippen LogP contribution < -0.4 is 5.32 Å². The second-order valence-corrected chi connectivity index (χ2v) is 7.00. The average molecular weight is 280 g/mol. The van der Waals surface area contributed by atoms with Crippen LogP contribution >= 0.6 is 0 Å². The van der Waals surface area contributed by atoms with E-state index < -0.39 is 9.84 Å². The van der Waals surface area contributed by atoms with Crippen molar-refractivity contribution in [3.63, 3.8) is 0 Å². The van der Waals surface area contributed by atoms with E-state index in [1.165, 1.54) is 19.1 Å². The van der Waals surface area contributed by atoms with E-state index in [0.717, 1.165) is 13.0 Å². The molecule has 1 aliphatic rings. The Kier molecular flexibility index (Phi) is 3.06. The van der Waals surface area contributed by atoms with Crippen LogP contribution in [0.4, 0.5) is 0 Å². The smallest absolute Gasteiger partial charge is 0.196 e. The summed E-state index contributed by atoms with van der Waals surface area (Å²) in [6.45, 7) is 0.844. The molecule has 1 heterocycles. The highest BCUT2D eigenvalue weighted by molar-refractivity contribution is 7.90. The molecule has 0 aliphatic heterocycles. The van der Waals surface area contributed by atoms with E-state index in [4.69, 9.17) is 4.42 Å². The highest BCUT2D eigenvalue weighted by atomic mass is 32.2. The quantitative estimate of drug-likeness (QED) is 0.899. The Bertz CT molecular complexity index is 702. The molecule has 1 aromatic heterocycles. The molecule has 1 aliphatic carbocycles. The summed E-state index contributed by atoms with van der Waals surface area (Å²) in [5.74, 6) is 0.647. The molecule has 1 aromatic carbocycles. The van der Waals surface area contributed by atoms with Crippen LogP contribution in [0, 0.1) is 0 Å². The zero-order valence-corrected chi connectivity index (χ0v) is 11.5. The van der Waals surface area contributed by atoms with Gasteiger partial charge in [-0.1, -0.05) is 0 Å². The van der Waals surface area contributed by atoms with E-state index in [1.54, 1.807) is 18.2 Å². The Morgan fingerprint density at radius 2 is 2.21 bits per heavy atom. The minimum Gasteiger partial charge on any atom is -0.441 e. The SMILES string of the molecule is CS(=O)(=O)c1ccc2oc(CCNC3CC3)nc2c1. The van der Waals surface area contributed by atoms with Crippen molar-refractivity contribution in [2.75, 3.05) is 12.8 Å². The summed E-state index contributed by atoms with van der Waals surface area (Å²) < 4.78 is 28.5. The van der Waals surface area contributed by atoms with E-state index in [2.05, 4.69) is 10.3 Å². The maximum atomic E-state index is 11.5. The molecule has 0 saturated heterocycles. The molecule has 2 aromatic rings. The monoisotopic (exact) mass is 280 g/mol. The van der Waals surface area contributed by atoms with Gasteiger partial charge in [-0.15, -0.1) is 0 Å². The van der Waals surface area contributed by atoms with E-state index >= 15 is 0 Å². The molecule has 0 atom stereocenters. The van der Waals surface area contributed by atoms with Gasteiger partial charge in [0, 0.05) is 25.3 Å².